The number of carbonyl (C=O) groups excluding carboxylic acids is 2. The molecule has 22 heavy (non-hydrogen) atoms. The summed E-state index contributed by atoms with van der Waals surface area (Å²) >= 11 is 0. The van der Waals surface area contributed by atoms with E-state index in [0.717, 1.165) is 12.8 Å². The zero-order chi connectivity index (χ0) is 17.1. The number of hydrogen-bond acceptors (Lipinski definition) is 5. The fourth-order valence-electron chi connectivity index (χ4n) is 1.66. The zero-order valence-corrected chi connectivity index (χ0v) is 12.5. The van der Waals surface area contributed by atoms with Crippen LogP contribution in [0.3, 0.4) is 0 Å². The lowest BCUT2D eigenvalue weighted by Gasteiger charge is -2.19. The number of carboxylic acids is 2. The number of hydrogen-bond donors (Lipinski definition) is 5. The highest BCUT2D eigenvalue weighted by Crippen LogP contribution is 2.02. The number of aliphatic carboxylic acids is 2. The van der Waals surface area contributed by atoms with Gasteiger partial charge < -0.3 is 26.6 Å². The predicted octanol–water partition coefficient (Wildman–Crippen LogP) is -0.946. The van der Waals surface area contributed by atoms with Crippen molar-refractivity contribution in [3.8, 4) is 0 Å². The van der Waals surface area contributed by atoms with Gasteiger partial charge in [-0.25, -0.2) is 0 Å². The molecule has 0 fully saturated rings. The second-order valence-corrected chi connectivity index (χ2v) is 4.85. The third kappa shape index (κ3) is 8.90. The smallest absolute Gasteiger partial charge is 0.322 e. The molecule has 0 aromatic heterocycles. The van der Waals surface area contributed by atoms with Crippen molar-refractivity contribution in [2.75, 3.05) is 6.54 Å². The molecule has 2 atom stereocenters. The summed E-state index contributed by atoms with van der Waals surface area (Å²) in [5.41, 5.74) is 5.68. The van der Waals surface area contributed by atoms with Gasteiger partial charge in [-0.3, -0.25) is 19.2 Å². The molecule has 0 saturated heterocycles. The van der Waals surface area contributed by atoms with Crippen LogP contribution in [0.4, 0.5) is 0 Å². The van der Waals surface area contributed by atoms with E-state index in [1.165, 1.54) is 0 Å². The SMILES string of the molecule is CCCC[C@H](N)C(=O)N[C@@H](CCC(=O)O)C(=O)NCC(=O)O. The fraction of sp³-hybridized carbons (Fsp3) is 0.692. The maximum absolute atomic E-state index is 11.9. The molecule has 0 bridgehead atoms. The highest BCUT2D eigenvalue weighted by molar-refractivity contribution is 5.91. The van der Waals surface area contributed by atoms with Gasteiger partial charge in [-0.15, -0.1) is 0 Å². The van der Waals surface area contributed by atoms with Gasteiger partial charge in [-0.2, -0.15) is 0 Å². The van der Waals surface area contributed by atoms with E-state index < -0.39 is 42.4 Å². The van der Waals surface area contributed by atoms with E-state index in [0.29, 0.717) is 6.42 Å². The second-order valence-electron chi connectivity index (χ2n) is 4.85. The Balaban J connectivity index is 4.62. The molecule has 0 aliphatic carbocycles. The largest absolute Gasteiger partial charge is 0.481 e. The average molecular weight is 317 g/mol. The van der Waals surface area contributed by atoms with Gasteiger partial charge in [0, 0.05) is 6.42 Å². The van der Waals surface area contributed by atoms with Crippen LogP contribution in [-0.2, 0) is 19.2 Å². The molecule has 0 aliphatic rings. The number of unbranched alkanes of at least 4 members (excludes halogenated alkanes) is 1. The van der Waals surface area contributed by atoms with Gasteiger partial charge in [-0.05, 0) is 12.8 Å². The molecule has 126 valence electrons. The highest BCUT2D eigenvalue weighted by Gasteiger charge is 2.24. The Morgan fingerprint density at radius 3 is 2.18 bits per heavy atom. The van der Waals surface area contributed by atoms with Crippen LogP contribution in [-0.4, -0.2) is 52.6 Å². The molecular formula is C13H23N3O6. The molecule has 0 spiro atoms. The van der Waals surface area contributed by atoms with E-state index in [1.54, 1.807) is 0 Å². The van der Waals surface area contributed by atoms with E-state index >= 15 is 0 Å². The monoisotopic (exact) mass is 317 g/mol. The first-order valence-corrected chi connectivity index (χ1v) is 7.05. The summed E-state index contributed by atoms with van der Waals surface area (Å²) < 4.78 is 0. The average Bonchev–Trinajstić information content (AvgIpc) is 2.45. The third-order valence-electron chi connectivity index (χ3n) is 2.90. The second kappa shape index (κ2) is 10.6. The molecule has 2 amide bonds. The molecular weight excluding hydrogens is 294 g/mol. The van der Waals surface area contributed by atoms with Gasteiger partial charge >= 0.3 is 11.9 Å². The Kier molecular flexibility index (Phi) is 9.51. The summed E-state index contributed by atoms with van der Waals surface area (Å²) in [7, 11) is 0. The third-order valence-corrected chi connectivity index (χ3v) is 2.90. The van der Waals surface area contributed by atoms with Crippen LogP contribution in [0.15, 0.2) is 0 Å². The summed E-state index contributed by atoms with van der Waals surface area (Å²) in [5, 5.41) is 21.7. The Labute approximate surface area is 128 Å². The van der Waals surface area contributed by atoms with Crippen molar-refractivity contribution in [3.05, 3.63) is 0 Å². The predicted molar refractivity (Wildman–Crippen MR) is 76.9 cm³/mol. The Morgan fingerprint density at radius 1 is 1.05 bits per heavy atom. The van der Waals surface area contributed by atoms with Crippen LogP contribution in [0.5, 0.6) is 0 Å². The molecule has 0 radical (unpaired) electrons. The van der Waals surface area contributed by atoms with Gasteiger partial charge in [0.15, 0.2) is 0 Å². The van der Waals surface area contributed by atoms with Crippen molar-refractivity contribution in [1.82, 2.24) is 10.6 Å². The number of carboxylic acid groups (broad SMARTS) is 2. The van der Waals surface area contributed by atoms with Crippen molar-refractivity contribution < 1.29 is 29.4 Å². The van der Waals surface area contributed by atoms with E-state index in [1.807, 2.05) is 6.92 Å². The van der Waals surface area contributed by atoms with Gasteiger partial charge in [0.2, 0.25) is 11.8 Å². The normalized spacial score (nSPS) is 13.0. The standard InChI is InChI=1S/C13H23N3O6/c1-2-3-4-8(14)12(21)16-9(5-6-10(17)18)13(22)15-7-11(19)20/h8-9H,2-7,14H2,1H3,(H,15,22)(H,16,21)(H,17,18)(H,19,20)/t8-,9-/m0/s1. The lowest BCUT2D eigenvalue weighted by atomic mass is 10.1. The van der Waals surface area contributed by atoms with Gasteiger partial charge in [0.1, 0.15) is 12.6 Å². The highest BCUT2D eigenvalue weighted by atomic mass is 16.4. The molecule has 0 aliphatic heterocycles. The van der Waals surface area contributed by atoms with Gasteiger partial charge in [0.25, 0.3) is 0 Å². The van der Waals surface area contributed by atoms with Crippen molar-refractivity contribution in [1.29, 1.82) is 0 Å². The summed E-state index contributed by atoms with van der Waals surface area (Å²) in [6, 6.07) is -1.92. The van der Waals surface area contributed by atoms with E-state index in [-0.39, 0.29) is 12.8 Å². The van der Waals surface area contributed by atoms with Crippen molar-refractivity contribution in [3.63, 3.8) is 0 Å². The quantitative estimate of drug-likeness (QED) is 0.328. The van der Waals surface area contributed by atoms with Crippen LogP contribution in [0.1, 0.15) is 39.0 Å². The molecule has 0 saturated carbocycles. The van der Waals surface area contributed by atoms with E-state index in [9.17, 15) is 19.2 Å². The van der Waals surface area contributed by atoms with Crippen LogP contribution in [0.25, 0.3) is 0 Å². The molecule has 0 aromatic rings. The summed E-state index contributed by atoms with van der Waals surface area (Å²) in [6.07, 6.45) is 1.58. The van der Waals surface area contributed by atoms with Crippen LogP contribution >= 0.6 is 0 Å². The Hall–Kier alpha value is -2.16. The molecule has 9 nitrogen and oxygen atoms in total. The topological polar surface area (TPSA) is 159 Å². The van der Waals surface area contributed by atoms with Gasteiger partial charge in [0.05, 0.1) is 6.04 Å². The maximum Gasteiger partial charge on any atom is 0.322 e. The minimum absolute atomic E-state index is 0.146. The summed E-state index contributed by atoms with van der Waals surface area (Å²) in [4.78, 5) is 44.7. The van der Waals surface area contributed by atoms with Crippen molar-refractivity contribution in [2.45, 2.75) is 51.1 Å². The number of carbonyl (C=O) groups is 4. The maximum atomic E-state index is 11.9. The molecule has 9 heteroatoms. The van der Waals surface area contributed by atoms with Gasteiger partial charge in [-0.1, -0.05) is 19.8 Å². The zero-order valence-electron chi connectivity index (χ0n) is 12.5. The number of amides is 2. The van der Waals surface area contributed by atoms with Crippen LogP contribution in [0, 0.1) is 0 Å². The number of nitrogens with one attached hydrogen (secondary N) is 2. The molecule has 0 heterocycles. The Morgan fingerprint density at radius 2 is 1.68 bits per heavy atom. The molecule has 0 rings (SSSR count). The first-order chi connectivity index (χ1) is 10.3. The van der Waals surface area contributed by atoms with E-state index in [4.69, 9.17) is 15.9 Å². The minimum Gasteiger partial charge on any atom is -0.481 e. The number of nitrogens with two attached hydrogens (primary N) is 1. The molecule has 0 aromatic carbocycles. The minimum atomic E-state index is -1.24. The van der Waals surface area contributed by atoms with Crippen molar-refractivity contribution in [2.24, 2.45) is 5.73 Å². The first-order valence-electron chi connectivity index (χ1n) is 7.05. The first kappa shape index (κ1) is 19.8. The lowest BCUT2D eigenvalue weighted by Crippen LogP contribution is -2.52. The molecule has 6 N–H and O–H groups in total. The number of rotatable bonds is 11. The van der Waals surface area contributed by atoms with E-state index in [2.05, 4.69) is 10.6 Å². The fourth-order valence-corrected chi connectivity index (χ4v) is 1.66. The Bertz CT molecular complexity index is 413. The summed E-state index contributed by atoms with van der Waals surface area (Å²) in [6.45, 7) is 1.33. The molecule has 0 unspecified atom stereocenters. The van der Waals surface area contributed by atoms with Crippen LogP contribution in [0.2, 0.25) is 0 Å². The lowest BCUT2D eigenvalue weighted by molar-refractivity contribution is -0.140. The summed E-state index contributed by atoms with van der Waals surface area (Å²) in [5.74, 6) is -3.68. The van der Waals surface area contributed by atoms with Crippen molar-refractivity contribution >= 4 is 23.8 Å². The van der Waals surface area contributed by atoms with Crippen LogP contribution < -0.4 is 16.4 Å².